The van der Waals surface area contributed by atoms with E-state index in [1.807, 2.05) is 42.5 Å². The topological polar surface area (TPSA) is 51.2 Å². The fourth-order valence-corrected chi connectivity index (χ4v) is 4.16. The van der Waals surface area contributed by atoms with Crippen LogP contribution >= 0.6 is 0 Å². The number of piperidine rings is 1. The van der Waals surface area contributed by atoms with E-state index in [1.165, 1.54) is 0 Å². The smallest absolute Gasteiger partial charge is 0.227 e. The van der Waals surface area contributed by atoms with Crippen LogP contribution in [0.4, 0.5) is 0 Å². The van der Waals surface area contributed by atoms with Crippen molar-refractivity contribution in [3.05, 3.63) is 53.6 Å². The molecule has 1 aliphatic rings. The maximum atomic E-state index is 13.4. The molecule has 31 heavy (non-hydrogen) atoms. The molecule has 0 aromatic heterocycles. The van der Waals surface area contributed by atoms with Crippen molar-refractivity contribution in [2.45, 2.75) is 31.7 Å². The van der Waals surface area contributed by atoms with Gasteiger partial charge < -0.3 is 24.0 Å². The van der Waals surface area contributed by atoms with Gasteiger partial charge in [-0.3, -0.25) is 4.79 Å². The molecule has 0 unspecified atom stereocenters. The van der Waals surface area contributed by atoms with Crippen molar-refractivity contribution in [3.63, 3.8) is 0 Å². The summed E-state index contributed by atoms with van der Waals surface area (Å²) in [4.78, 5) is 17.8. The number of carbonyl (C=O) groups excluding carboxylic acids is 1. The highest BCUT2D eigenvalue weighted by Gasteiger charge is 2.27. The van der Waals surface area contributed by atoms with E-state index < -0.39 is 0 Å². The number of hydrogen-bond donors (Lipinski definition) is 0. The summed E-state index contributed by atoms with van der Waals surface area (Å²) in [6, 6.07) is 13.8. The first kappa shape index (κ1) is 22.9. The van der Waals surface area contributed by atoms with E-state index in [0.717, 1.165) is 60.7 Å². The number of rotatable bonds is 9. The minimum absolute atomic E-state index is 0.168. The van der Waals surface area contributed by atoms with Crippen molar-refractivity contribution in [2.75, 3.05) is 48.0 Å². The van der Waals surface area contributed by atoms with Crippen LogP contribution in [0.5, 0.6) is 17.2 Å². The molecule has 1 fully saturated rings. The van der Waals surface area contributed by atoms with Crippen molar-refractivity contribution >= 4 is 5.91 Å². The summed E-state index contributed by atoms with van der Waals surface area (Å²) in [7, 11) is 7.12. The van der Waals surface area contributed by atoms with Gasteiger partial charge in [0.15, 0.2) is 0 Å². The summed E-state index contributed by atoms with van der Waals surface area (Å²) in [6.45, 7) is 2.69. The second-order valence-electron chi connectivity index (χ2n) is 8.07. The number of likely N-dealkylation sites (tertiary alicyclic amines) is 1. The van der Waals surface area contributed by atoms with E-state index in [9.17, 15) is 4.79 Å². The fourth-order valence-electron chi connectivity index (χ4n) is 4.16. The van der Waals surface area contributed by atoms with Crippen molar-refractivity contribution in [1.29, 1.82) is 0 Å². The third-order valence-corrected chi connectivity index (χ3v) is 6.07. The van der Waals surface area contributed by atoms with Crippen LogP contribution in [0.25, 0.3) is 0 Å². The van der Waals surface area contributed by atoms with Gasteiger partial charge in [-0.2, -0.15) is 0 Å². The molecule has 6 heteroatoms. The van der Waals surface area contributed by atoms with Crippen LogP contribution in [-0.2, 0) is 17.6 Å². The first-order chi connectivity index (χ1) is 15.0. The number of carbonyl (C=O) groups is 1. The zero-order valence-electron chi connectivity index (χ0n) is 19.1. The fraction of sp³-hybridized carbons (Fsp3) is 0.480. The van der Waals surface area contributed by atoms with Crippen LogP contribution in [0.15, 0.2) is 42.5 Å². The third-order valence-electron chi connectivity index (χ3n) is 6.07. The van der Waals surface area contributed by atoms with E-state index in [0.29, 0.717) is 13.0 Å². The lowest BCUT2D eigenvalue weighted by Crippen LogP contribution is -2.47. The second-order valence-corrected chi connectivity index (χ2v) is 8.07. The molecule has 0 bridgehead atoms. The van der Waals surface area contributed by atoms with Crippen molar-refractivity contribution in [3.8, 4) is 17.2 Å². The van der Waals surface area contributed by atoms with Gasteiger partial charge in [-0.1, -0.05) is 12.1 Å². The number of hydrogen-bond acceptors (Lipinski definition) is 5. The van der Waals surface area contributed by atoms with Crippen molar-refractivity contribution in [1.82, 2.24) is 9.80 Å². The minimum atomic E-state index is 0.168. The van der Waals surface area contributed by atoms with E-state index >= 15 is 0 Å². The van der Waals surface area contributed by atoms with Crippen LogP contribution in [0.3, 0.4) is 0 Å². The number of benzene rings is 2. The lowest BCUT2D eigenvalue weighted by Gasteiger charge is -2.37. The van der Waals surface area contributed by atoms with Crippen molar-refractivity contribution in [2.24, 2.45) is 0 Å². The molecular weight excluding hydrogens is 392 g/mol. The second kappa shape index (κ2) is 11.0. The van der Waals surface area contributed by atoms with Crippen molar-refractivity contribution < 1.29 is 19.0 Å². The van der Waals surface area contributed by atoms with E-state index in [4.69, 9.17) is 14.2 Å². The summed E-state index contributed by atoms with van der Waals surface area (Å²) in [5.74, 6) is 2.59. The zero-order chi connectivity index (χ0) is 22.2. The van der Waals surface area contributed by atoms with Gasteiger partial charge in [0.25, 0.3) is 0 Å². The highest BCUT2D eigenvalue weighted by atomic mass is 16.5. The molecule has 0 radical (unpaired) electrons. The summed E-state index contributed by atoms with van der Waals surface area (Å²) in [5.41, 5.74) is 2.06. The largest absolute Gasteiger partial charge is 0.497 e. The lowest BCUT2D eigenvalue weighted by molar-refractivity contribution is -0.133. The highest BCUT2D eigenvalue weighted by molar-refractivity contribution is 5.79. The molecule has 1 amide bonds. The molecule has 2 aromatic rings. The Morgan fingerprint density at radius 1 is 0.968 bits per heavy atom. The maximum Gasteiger partial charge on any atom is 0.227 e. The monoisotopic (exact) mass is 426 g/mol. The van der Waals surface area contributed by atoms with Gasteiger partial charge in [-0.15, -0.1) is 0 Å². The van der Waals surface area contributed by atoms with Gasteiger partial charge in [-0.05, 0) is 80.9 Å². The zero-order valence-corrected chi connectivity index (χ0v) is 19.1. The van der Waals surface area contributed by atoms with Crippen LogP contribution < -0.4 is 14.2 Å². The summed E-state index contributed by atoms with van der Waals surface area (Å²) in [6.07, 6.45) is 3.12. The molecule has 1 heterocycles. The molecule has 0 aliphatic carbocycles. The molecule has 168 valence electrons. The SMILES string of the molecule is COc1ccc(CC(=O)N(CCc2cc(OC)ccc2OC)C2CCN(C)CC2)cc1. The molecule has 1 saturated heterocycles. The maximum absolute atomic E-state index is 13.4. The molecule has 2 aromatic carbocycles. The molecule has 6 nitrogen and oxygen atoms in total. The first-order valence-electron chi connectivity index (χ1n) is 10.9. The lowest BCUT2D eigenvalue weighted by atomic mass is 10.0. The molecule has 1 aliphatic heterocycles. The van der Waals surface area contributed by atoms with Gasteiger partial charge in [0.2, 0.25) is 5.91 Å². The quantitative estimate of drug-likeness (QED) is 0.615. The Morgan fingerprint density at radius 3 is 2.23 bits per heavy atom. The van der Waals surface area contributed by atoms with Crippen LogP contribution in [0.1, 0.15) is 24.0 Å². The van der Waals surface area contributed by atoms with E-state index in [1.54, 1.807) is 21.3 Å². The molecule has 0 atom stereocenters. The van der Waals surface area contributed by atoms with Gasteiger partial charge in [0.1, 0.15) is 17.2 Å². The predicted octanol–water partition coefficient (Wildman–Crippen LogP) is 3.42. The Bertz CT molecular complexity index is 845. The summed E-state index contributed by atoms with van der Waals surface area (Å²) >= 11 is 0. The molecule has 3 rings (SSSR count). The standard InChI is InChI=1S/C25H34N2O4/c1-26-14-12-21(13-15-26)27(25(28)17-19-5-7-22(29-2)8-6-19)16-11-20-18-23(30-3)9-10-24(20)31-4/h5-10,18,21H,11-17H2,1-4H3. The molecule has 0 N–H and O–H groups in total. The van der Waals surface area contributed by atoms with Gasteiger partial charge >= 0.3 is 0 Å². The number of ether oxygens (including phenoxy) is 3. The Hall–Kier alpha value is -2.73. The van der Waals surface area contributed by atoms with E-state index in [-0.39, 0.29) is 11.9 Å². The van der Waals surface area contributed by atoms with Crippen LogP contribution in [0.2, 0.25) is 0 Å². The Balaban J connectivity index is 1.75. The van der Waals surface area contributed by atoms with Gasteiger partial charge in [0, 0.05) is 12.6 Å². The molecular formula is C25H34N2O4. The van der Waals surface area contributed by atoms with E-state index in [2.05, 4.69) is 16.8 Å². The highest BCUT2D eigenvalue weighted by Crippen LogP contribution is 2.26. The summed E-state index contributed by atoms with van der Waals surface area (Å²) < 4.78 is 16.2. The van der Waals surface area contributed by atoms with Gasteiger partial charge in [-0.25, -0.2) is 0 Å². The number of methoxy groups -OCH3 is 3. The predicted molar refractivity (Wildman–Crippen MR) is 122 cm³/mol. The Morgan fingerprint density at radius 2 is 1.61 bits per heavy atom. The molecule has 0 saturated carbocycles. The Labute approximate surface area is 185 Å². The average molecular weight is 427 g/mol. The third kappa shape index (κ3) is 6.14. The van der Waals surface area contributed by atoms with Gasteiger partial charge in [0.05, 0.1) is 27.8 Å². The minimum Gasteiger partial charge on any atom is -0.497 e. The average Bonchev–Trinajstić information content (AvgIpc) is 2.80. The first-order valence-corrected chi connectivity index (χ1v) is 10.9. The number of nitrogens with zero attached hydrogens (tertiary/aromatic N) is 2. The Kier molecular flexibility index (Phi) is 8.18. The normalized spacial score (nSPS) is 14.8. The summed E-state index contributed by atoms with van der Waals surface area (Å²) in [5, 5.41) is 0. The van der Waals surface area contributed by atoms with Crippen LogP contribution in [0, 0.1) is 0 Å². The molecule has 0 spiro atoms. The number of amides is 1. The van der Waals surface area contributed by atoms with Crippen LogP contribution in [-0.4, -0.2) is 69.8 Å².